The van der Waals surface area contributed by atoms with Gasteiger partial charge in [0.2, 0.25) is 5.88 Å². The zero-order chi connectivity index (χ0) is 13.7. The van der Waals surface area contributed by atoms with Crippen molar-refractivity contribution in [1.29, 1.82) is 0 Å². The fraction of sp³-hybridized carbons (Fsp3) is 0.583. The van der Waals surface area contributed by atoms with Gasteiger partial charge in [0, 0.05) is 6.61 Å². The van der Waals surface area contributed by atoms with Gasteiger partial charge in [0.1, 0.15) is 11.7 Å². The Morgan fingerprint density at radius 3 is 2.61 bits per heavy atom. The molecule has 0 bridgehead atoms. The fourth-order valence-corrected chi connectivity index (χ4v) is 1.43. The van der Waals surface area contributed by atoms with Crippen molar-refractivity contribution in [2.75, 3.05) is 13.2 Å². The molecule has 0 aromatic carbocycles. The van der Waals surface area contributed by atoms with Crippen LogP contribution in [0.3, 0.4) is 0 Å². The summed E-state index contributed by atoms with van der Waals surface area (Å²) in [5.74, 6) is -1.03. The molecule has 6 heteroatoms. The number of rotatable bonds is 6. The van der Waals surface area contributed by atoms with E-state index in [-0.39, 0.29) is 17.5 Å². The summed E-state index contributed by atoms with van der Waals surface area (Å²) in [5, 5.41) is 16.9. The third kappa shape index (κ3) is 3.40. The molecule has 6 nitrogen and oxygen atoms in total. The summed E-state index contributed by atoms with van der Waals surface area (Å²) in [6, 6.07) is 0. The molecular weight excluding hydrogens is 236 g/mol. The number of carboxylic acids is 1. The minimum absolute atomic E-state index is 0.0396. The Bertz CT molecular complexity index is 434. The number of carboxylic acid groups (broad SMARTS) is 1. The number of hydrogen-bond donors (Lipinski definition) is 1. The lowest BCUT2D eigenvalue weighted by Crippen LogP contribution is -2.22. The van der Waals surface area contributed by atoms with Crippen LogP contribution in [0.15, 0.2) is 0 Å². The molecule has 0 radical (unpaired) electrons. The molecule has 0 aliphatic heterocycles. The molecule has 0 saturated carbocycles. The van der Waals surface area contributed by atoms with Crippen molar-refractivity contribution in [2.45, 2.75) is 33.8 Å². The zero-order valence-electron chi connectivity index (χ0n) is 11.1. The van der Waals surface area contributed by atoms with Crippen molar-refractivity contribution < 1.29 is 19.4 Å². The molecule has 0 spiro atoms. The molecule has 18 heavy (non-hydrogen) atoms. The molecule has 1 heterocycles. The molecule has 100 valence electrons. The van der Waals surface area contributed by atoms with Gasteiger partial charge < -0.3 is 14.6 Å². The monoisotopic (exact) mass is 254 g/mol. The van der Waals surface area contributed by atoms with Crippen molar-refractivity contribution in [3.63, 3.8) is 0 Å². The molecular formula is C12H18N2O4. The average molecular weight is 254 g/mol. The van der Waals surface area contributed by atoms with E-state index in [0.29, 0.717) is 24.5 Å². The summed E-state index contributed by atoms with van der Waals surface area (Å²) in [6.07, 6.45) is -0.278. The quantitative estimate of drug-likeness (QED) is 0.830. The summed E-state index contributed by atoms with van der Waals surface area (Å²) in [7, 11) is 0. The second-order valence-electron chi connectivity index (χ2n) is 3.98. The number of aryl methyl sites for hydroxylation is 1. The molecule has 0 fully saturated rings. The van der Waals surface area contributed by atoms with E-state index in [9.17, 15) is 9.90 Å². The van der Waals surface area contributed by atoms with E-state index >= 15 is 0 Å². The first kappa shape index (κ1) is 14.4. The maximum Gasteiger partial charge on any atom is 0.341 e. The van der Waals surface area contributed by atoms with Gasteiger partial charge in [0.15, 0.2) is 0 Å². The van der Waals surface area contributed by atoms with Crippen LogP contribution in [0.4, 0.5) is 0 Å². The predicted octanol–water partition coefficient (Wildman–Crippen LogP) is 1.60. The molecule has 1 unspecified atom stereocenters. The van der Waals surface area contributed by atoms with E-state index in [4.69, 9.17) is 9.47 Å². The average Bonchev–Trinajstić information content (AvgIpc) is 2.31. The third-order valence-corrected chi connectivity index (χ3v) is 2.51. The van der Waals surface area contributed by atoms with Gasteiger partial charge in [0.05, 0.1) is 12.3 Å². The molecule has 0 amide bonds. The molecule has 1 atom stereocenters. The van der Waals surface area contributed by atoms with E-state index in [1.54, 1.807) is 20.8 Å². The summed E-state index contributed by atoms with van der Waals surface area (Å²) in [4.78, 5) is 11.2. The van der Waals surface area contributed by atoms with Gasteiger partial charge in [-0.25, -0.2) is 4.79 Å². The molecule has 1 aromatic heterocycles. The van der Waals surface area contributed by atoms with Gasteiger partial charge in [-0.1, -0.05) is 0 Å². The van der Waals surface area contributed by atoms with E-state index in [1.165, 1.54) is 0 Å². The third-order valence-electron chi connectivity index (χ3n) is 2.51. The first-order valence-electron chi connectivity index (χ1n) is 5.78. The molecule has 1 N–H and O–H groups in total. The number of aromatic nitrogens is 2. The Balaban J connectivity index is 2.95. The highest BCUT2D eigenvalue weighted by molar-refractivity contribution is 5.92. The van der Waals surface area contributed by atoms with Crippen LogP contribution in [-0.2, 0) is 4.74 Å². The maximum absolute atomic E-state index is 11.2. The van der Waals surface area contributed by atoms with E-state index in [0.717, 1.165) is 0 Å². The summed E-state index contributed by atoms with van der Waals surface area (Å²) >= 11 is 0. The second kappa shape index (κ2) is 6.30. The Kier molecular flexibility index (Phi) is 5.03. The van der Waals surface area contributed by atoms with Gasteiger partial charge in [0.25, 0.3) is 0 Å². The number of carbonyl (C=O) groups is 1. The maximum atomic E-state index is 11.2. The first-order chi connectivity index (χ1) is 8.47. The van der Waals surface area contributed by atoms with Gasteiger partial charge in [-0.15, -0.1) is 5.10 Å². The normalized spacial score (nSPS) is 12.2. The lowest BCUT2D eigenvalue weighted by molar-refractivity contribution is 0.0581. The van der Waals surface area contributed by atoms with E-state index in [2.05, 4.69) is 10.2 Å². The Morgan fingerprint density at radius 1 is 1.39 bits per heavy atom. The summed E-state index contributed by atoms with van der Waals surface area (Å²) in [5.41, 5.74) is 1.21. The lowest BCUT2D eigenvalue weighted by Gasteiger charge is -2.16. The Labute approximate surface area is 106 Å². The van der Waals surface area contributed by atoms with Crippen molar-refractivity contribution in [3.05, 3.63) is 16.8 Å². The number of nitrogens with zero attached hydrogens (tertiary/aromatic N) is 2. The highest BCUT2D eigenvalue weighted by Gasteiger charge is 2.20. The number of hydrogen-bond acceptors (Lipinski definition) is 5. The smallest absolute Gasteiger partial charge is 0.341 e. The SMILES string of the molecule is CCOCC(C)Oc1nnc(C)c(C)c1C(=O)O. The van der Waals surface area contributed by atoms with Crippen LogP contribution in [0.5, 0.6) is 5.88 Å². The van der Waals surface area contributed by atoms with E-state index in [1.807, 2.05) is 6.92 Å². The Morgan fingerprint density at radius 2 is 2.06 bits per heavy atom. The van der Waals surface area contributed by atoms with Gasteiger partial charge in [-0.3, -0.25) is 0 Å². The number of aromatic carboxylic acids is 1. The van der Waals surface area contributed by atoms with Crippen LogP contribution in [0.2, 0.25) is 0 Å². The first-order valence-corrected chi connectivity index (χ1v) is 5.78. The van der Waals surface area contributed by atoms with E-state index < -0.39 is 5.97 Å². The summed E-state index contributed by atoms with van der Waals surface area (Å²) < 4.78 is 10.7. The molecule has 1 rings (SSSR count). The van der Waals surface area contributed by atoms with Crippen molar-refractivity contribution in [2.24, 2.45) is 0 Å². The molecule has 0 saturated heterocycles. The summed E-state index contributed by atoms with van der Waals surface area (Å²) in [6.45, 7) is 8.03. The van der Waals surface area contributed by atoms with Crippen LogP contribution in [0, 0.1) is 13.8 Å². The van der Waals surface area contributed by atoms with Crippen molar-refractivity contribution >= 4 is 5.97 Å². The zero-order valence-corrected chi connectivity index (χ0v) is 11.1. The lowest BCUT2D eigenvalue weighted by atomic mass is 10.1. The Hall–Kier alpha value is -1.69. The van der Waals surface area contributed by atoms with Crippen LogP contribution < -0.4 is 4.74 Å². The fourth-order valence-electron chi connectivity index (χ4n) is 1.43. The highest BCUT2D eigenvalue weighted by atomic mass is 16.5. The second-order valence-corrected chi connectivity index (χ2v) is 3.98. The van der Waals surface area contributed by atoms with Crippen LogP contribution >= 0.6 is 0 Å². The molecule has 1 aromatic rings. The standard InChI is InChI=1S/C12H18N2O4/c1-5-17-6-7(2)18-11-10(12(15)16)8(3)9(4)13-14-11/h7H,5-6H2,1-4H3,(H,15,16). The van der Waals surface area contributed by atoms with Crippen LogP contribution in [-0.4, -0.2) is 40.6 Å². The predicted molar refractivity (Wildman–Crippen MR) is 65.0 cm³/mol. The van der Waals surface area contributed by atoms with Crippen LogP contribution in [0.25, 0.3) is 0 Å². The largest absolute Gasteiger partial charge is 0.477 e. The van der Waals surface area contributed by atoms with Crippen molar-refractivity contribution in [3.8, 4) is 5.88 Å². The molecule has 0 aliphatic carbocycles. The van der Waals surface area contributed by atoms with Gasteiger partial charge in [-0.2, -0.15) is 5.10 Å². The van der Waals surface area contributed by atoms with Crippen molar-refractivity contribution in [1.82, 2.24) is 10.2 Å². The topological polar surface area (TPSA) is 81.5 Å². The van der Waals surface area contributed by atoms with Crippen LogP contribution in [0.1, 0.15) is 35.5 Å². The highest BCUT2D eigenvalue weighted by Crippen LogP contribution is 2.21. The minimum atomic E-state index is -1.07. The minimum Gasteiger partial charge on any atom is -0.477 e. The molecule has 0 aliphatic rings. The van der Waals surface area contributed by atoms with Gasteiger partial charge in [-0.05, 0) is 33.3 Å². The number of ether oxygens (including phenoxy) is 2. The van der Waals surface area contributed by atoms with Gasteiger partial charge >= 0.3 is 5.97 Å².